The summed E-state index contributed by atoms with van der Waals surface area (Å²) in [5.74, 6) is -2.21. The lowest BCUT2D eigenvalue weighted by molar-refractivity contribution is 0.0373. The van der Waals surface area contributed by atoms with Crippen LogP contribution in [0.5, 0.6) is 5.75 Å². The molecule has 6 nitrogen and oxygen atoms in total. The van der Waals surface area contributed by atoms with E-state index >= 15 is 0 Å². The predicted octanol–water partition coefficient (Wildman–Crippen LogP) is 3.91. The van der Waals surface area contributed by atoms with Crippen LogP contribution < -0.4 is 0 Å². The molecule has 2 aromatic carbocycles. The summed E-state index contributed by atoms with van der Waals surface area (Å²) >= 11 is 0. The number of rotatable bonds is 9. The SMILES string of the molecule is CC(C)OC(=O)c1c(C(C)CO)c(O)c(C(C)CO)c(-c2ccccc2)c1C(C)CO. The van der Waals surface area contributed by atoms with Crippen molar-refractivity contribution in [2.24, 2.45) is 0 Å². The smallest absolute Gasteiger partial charge is 0.339 e. The van der Waals surface area contributed by atoms with Gasteiger partial charge in [0.15, 0.2) is 0 Å². The van der Waals surface area contributed by atoms with E-state index in [1.54, 1.807) is 34.6 Å². The Hall–Kier alpha value is -2.41. The van der Waals surface area contributed by atoms with E-state index in [0.717, 1.165) is 5.56 Å². The van der Waals surface area contributed by atoms with Crippen molar-refractivity contribution in [1.29, 1.82) is 0 Å². The Morgan fingerprint density at radius 1 is 0.806 bits per heavy atom. The summed E-state index contributed by atoms with van der Waals surface area (Å²) in [6.45, 7) is 8.03. The highest BCUT2D eigenvalue weighted by Crippen LogP contribution is 2.48. The normalized spacial score (nSPS) is 14.4. The fourth-order valence-corrected chi connectivity index (χ4v) is 3.93. The van der Waals surface area contributed by atoms with Crippen molar-refractivity contribution in [2.75, 3.05) is 19.8 Å². The summed E-state index contributed by atoms with van der Waals surface area (Å²) in [4.78, 5) is 13.3. The van der Waals surface area contributed by atoms with Crippen molar-refractivity contribution in [3.05, 3.63) is 52.6 Å². The van der Waals surface area contributed by atoms with Crippen LogP contribution in [0.4, 0.5) is 0 Å². The first kappa shape index (κ1) is 24.9. The first-order valence-corrected chi connectivity index (χ1v) is 10.7. The van der Waals surface area contributed by atoms with Crippen LogP contribution in [-0.4, -0.2) is 52.3 Å². The predicted molar refractivity (Wildman–Crippen MR) is 121 cm³/mol. The monoisotopic (exact) mass is 430 g/mol. The Balaban J connectivity index is 3.13. The molecule has 2 aromatic rings. The lowest BCUT2D eigenvalue weighted by atomic mass is 9.76. The van der Waals surface area contributed by atoms with Crippen molar-refractivity contribution in [2.45, 2.75) is 58.5 Å². The van der Waals surface area contributed by atoms with Crippen LogP contribution in [0, 0.1) is 0 Å². The van der Waals surface area contributed by atoms with E-state index in [9.17, 15) is 25.2 Å². The average Bonchev–Trinajstić information content (AvgIpc) is 2.76. The maximum atomic E-state index is 13.3. The second-order valence-corrected chi connectivity index (χ2v) is 8.41. The quantitative estimate of drug-likeness (QED) is 0.449. The number of esters is 1. The number of hydrogen-bond donors (Lipinski definition) is 4. The minimum absolute atomic E-state index is 0.133. The maximum Gasteiger partial charge on any atom is 0.339 e. The molecule has 0 aliphatic carbocycles. The number of aliphatic hydroxyl groups excluding tert-OH is 3. The van der Waals surface area contributed by atoms with Crippen molar-refractivity contribution in [3.8, 4) is 16.9 Å². The van der Waals surface area contributed by atoms with E-state index in [0.29, 0.717) is 16.7 Å². The number of aromatic hydroxyl groups is 1. The molecule has 0 aliphatic rings. The highest BCUT2D eigenvalue weighted by molar-refractivity contribution is 5.98. The highest BCUT2D eigenvalue weighted by atomic mass is 16.5. The average molecular weight is 431 g/mol. The van der Waals surface area contributed by atoms with Gasteiger partial charge < -0.3 is 25.2 Å². The van der Waals surface area contributed by atoms with Crippen LogP contribution >= 0.6 is 0 Å². The van der Waals surface area contributed by atoms with Gasteiger partial charge in [0.2, 0.25) is 0 Å². The van der Waals surface area contributed by atoms with E-state index in [1.165, 1.54) is 0 Å². The first-order valence-electron chi connectivity index (χ1n) is 10.7. The molecule has 31 heavy (non-hydrogen) atoms. The van der Waals surface area contributed by atoms with Gasteiger partial charge in [0.25, 0.3) is 0 Å². The number of carbonyl (C=O) groups excluding carboxylic acids is 1. The van der Waals surface area contributed by atoms with E-state index in [-0.39, 0.29) is 42.8 Å². The number of ether oxygens (including phenoxy) is 1. The molecule has 170 valence electrons. The van der Waals surface area contributed by atoms with Gasteiger partial charge in [-0.3, -0.25) is 0 Å². The molecule has 0 radical (unpaired) electrons. The molecule has 0 bridgehead atoms. The van der Waals surface area contributed by atoms with Crippen molar-refractivity contribution in [1.82, 2.24) is 0 Å². The van der Waals surface area contributed by atoms with Gasteiger partial charge in [-0.15, -0.1) is 0 Å². The number of phenols is 1. The van der Waals surface area contributed by atoms with Crippen LogP contribution in [0.3, 0.4) is 0 Å². The Labute approximate surface area is 184 Å². The Morgan fingerprint density at radius 2 is 1.29 bits per heavy atom. The zero-order valence-electron chi connectivity index (χ0n) is 18.9. The Kier molecular flexibility index (Phi) is 8.62. The van der Waals surface area contributed by atoms with Crippen molar-refractivity contribution < 1.29 is 30.0 Å². The van der Waals surface area contributed by atoms with E-state index < -0.39 is 23.7 Å². The molecule has 3 unspecified atom stereocenters. The number of aliphatic hydroxyl groups is 3. The van der Waals surface area contributed by atoms with Crippen molar-refractivity contribution >= 4 is 5.97 Å². The number of carbonyl (C=O) groups is 1. The van der Waals surface area contributed by atoms with Crippen LogP contribution in [0.15, 0.2) is 30.3 Å². The standard InChI is InChI=1S/C25H34O6/c1-14(2)31-25(30)23-19(15(3)11-26)22(18-9-7-6-8-10-18)20(16(4)12-27)24(29)21(23)17(5)13-28/h6-10,14-17,26-29H,11-13H2,1-5H3. The largest absolute Gasteiger partial charge is 0.507 e. The van der Waals surface area contributed by atoms with E-state index in [4.69, 9.17) is 4.74 Å². The fraction of sp³-hybridized carbons (Fsp3) is 0.480. The maximum absolute atomic E-state index is 13.3. The molecule has 0 saturated heterocycles. The Morgan fingerprint density at radius 3 is 1.77 bits per heavy atom. The van der Waals surface area contributed by atoms with Gasteiger partial charge in [0, 0.05) is 48.7 Å². The highest BCUT2D eigenvalue weighted by Gasteiger charge is 2.34. The molecule has 0 amide bonds. The number of benzene rings is 2. The van der Waals surface area contributed by atoms with Crippen LogP contribution in [-0.2, 0) is 4.74 Å². The molecular formula is C25H34O6. The summed E-state index contributed by atoms with van der Waals surface area (Å²) in [5.41, 5.74) is 2.83. The van der Waals surface area contributed by atoms with Gasteiger partial charge in [0.05, 0.1) is 11.7 Å². The summed E-state index contributed by atoms with van der Waals surface area (Å²) in [6.07, 6.45) is -0.388. The second-order valence-electron chi connectivity index (χ2n) is 8.41. The van der Waals surface area contributed by atoms with Gasteiger partial charge in [-0.2, -0.15) is 0 Å². The molecule has 6 heteroatoms. The fourth-order valence-electron chi connectivity index (χ4n) is 3.93. The van der Waals surface area contributed by atoms with E-state index in [1.807, 2.05) is 30.3 Å². The van der Waals surface area contributed by atoms with Gasteiger partial charge >= 0.3 is 5.97 Å². The minimum Gasteiger partial charge on any atom is -0.507 e. The Bertz CT molecular complexity index is 891. The summed E-state index contributed by atoms with van der Waals surface area (Å²) < 4.78 is 5.52. The van der Waals surface area contributed by atoms with Crippen molar-refractivity contribution in [3.63, 3.8) is 0 Å². The molecule has 0 aromatic heterocycles. The summed E-state index contributed by atoms with van der Waals surface area (Å²) in [6, 6.07) is 9.29. The minimum atomic E-state index is -0.615. The van der Waals surface area contributed by atoms with Crippen LogP contribution in [0.2, 0.25) is 0 Å². The van der Waals surface area contributed by atoms with Crippen LogP contribution in [0.1, 0.15) is 79.4 Å². The van der Waals surface area contributed by atoms with E-state index in [2.05, 4.69) is 0 Å². The molecule has 0 spiro atoms. The number of hydrogen-bond acceptors (Lipinski definition) is 6. The summed E-state index contributed by atoms with van der Waals surface area (Å²) in [5, 5.41) is 41.3. The molecule has 0 aliphatic heterocycles. The third-order valence-electron chi connectivity index (χ3n) is 5.50. The molecule has 3 atom stereocenters. The zero-order valence-corrected chi connectivity index (χ0v) is 18.9. The first-order chi connectivity index (χ1) is 14.7. The third kappa shape index (κ3) is 5.09. The topological polar surface area (TPSA) is 107 Å². The van der Waals surface area contributed by atoms with Gasteiger partial charge in [-0.05, 0) is 30.5 Å². The molecule has 0 heterocycles. The lowest BCUT2D eigenvalue weighted by Crippen LogP contribution is -2.22. The lowest BCUT2D eigenvalue weighted by Gasteiger charge is -2.30. The number of phenolic OH excluding ortho intramolecular Hbond substituents is 1. The molecule has 2 rings (SSSR count). The van der Waals surface area contributed by atoms with Crippen LogP contribution in [0.25, 0.3) is 11.1 Å². The molecular weight excluding hydrogens is 396 g/mol. The molecule has 4 N–H and O–H groups in total. The second kappa shape index (κ2) is 10.8. The molecule has 0 saturated carbocycles. The zero-order chi connectivity index (χ0) is 23.3. The van der Waals surface area contributed by atoms with Gasteiger partial charge in [0.1, 0.15) is 5.75 Å². The van der Waals surface area contributed by atoms with Gasteiger partial charge in [-0.1, -0.05) is 51.1 Å². The molecule has 0 fully saturated rings. The third-order valence-corrected chi connectivity index (χ3v) is 5.50. The van der Waals surface area contributed by atoms with Gasteiger partial charge in [-0.25, -0.2) is 4.79 Å². The summed E-state index contributed by atoms with van der Waals surface area (Å²) in [7, 11) is 0.